The number of aliphatic carboxylic acids is 1. The van der Waals surface area contributed by atoms with Gasteiger partial charge in [-0.2, -0.15) is 0 Å². The van der Waals surface area contributed by atoms with Gasteiger partial charge in [0.2, 0.25) is 0 Å². The maximum atomic E-state index is 10.4. The molecule has 0 rings (SSSR count). The van der Waals surface area contributed by atoms with E-state index in [-0.39, 0.29) is 0 Å². The largest absolute Gasteiger partial charge is 0.479 e. The molecule has 0 saturated carbocycles. The molecule has 0 aliphatic heterocycles. The predicted molar refractivity (Wildman–Crippen MR) is 63.6 cm³/mol. The molecular formula is C10H21N3O4. The van der Waals surface area contributed by atoms with Crippen molar-refractivity contribution in [1.29, 1.82) is 0 Å². The summed E-state index contributed by atoms with van der Waals surface area (Å²) in [6, 6.07) is -0.760. The molecule has 0 aromatic rings. The van der Waals surface area contributed by atoms with E-state index in [0.717, 1.165) is 6.42 Å². The third kappa shape index (κ3) is 6.88. The van der Waals surface area contributed by atoms with Crippen molar-refractivity contribution < 1.29 is 20.1 Å². The zero-order chi connectivity index (χ0) is 13.4. The SMILES string of the molecule is CC(N)=NCCCC[C@H](N)C(O)C(O)C(=O)O. The summed E-state index contributed by atoms with van der Waals surface area (Å²) in [5, 5.41) is 26.9. The number of hydrogen-bond donors (Lipinski definition) is 5. The second kappa shape index (κ2) is 7.99. The zero-order valence-electron chi connectivity index (χ0n) is 9.91. The van der Waals surface area contributed by atoms with Crippen molar-refractivity contribution in [3.63, 3.8) is 0 Å². The number of amidine groups is 1. The lowest BCUT2D eigenvalue weighted by molar-refractivity contribution is -0.153. The van der Waals surface area contributed by atoms with Crippen molar-refractivity contribution in [1.82, 2.24) is 0 Å². The van der Waals surface area contributed by atoms with Crippen LogP contribution in [0, 0.1) is 0 Å². The van der Waals surface area contributed by atoms with Crippen LogP contribution in [-0.2, 0) is 4.79 Å². The molecule has 0 aliphatic carbocycles. The number of nitrogens with zero attached hydrogens (tertiary/aromatic N) is 1. The highest BCUT2D eigenvalue weighted by atomic mass is 16.4. The van der Waals surface area contributed by atoms with Crippen molar-refractivity contribution in [2.24, 2.45) is 16.5 Å². The highest BCUT2D eigenvalue weighted by Gasteiger charge is 2.28. The van der Waals surface area contributed by atoms with Gasteiger partial charge in [-0.15, -0.1) is 0 Å². The number of rotatable bonds is 8. The molecule has 7 nitrogen and oxygen atoms in total. The van der Waals surface area contributed by atoms with E-state index in [1.54, 1.807) is 6.92 Å². The molecule has 0 aromatic heterocycles. The maximum absolute atomic E-state index is 10.4. The highest BCUT2D eigenvalue weighted by Crippen LogP contribution is 2.07. The Kier molecular flexibility index (Phi) is 7.44. The van der Waals surface area contributed by atoms with E-state index in [9.17, 15) is 9.90 Å². The van der Waals surface area contributed by atoms with Gasteiger partial charge in [0.1, 0.15) is 6.10 Å². The van der Waals surface area contributed by atoms with Crippen LogP contribution in [0.2, 0.25) is 0 Å². The quantitative estimate of drug-likeness (QED) is 0.204. The Morgan fingerprint density at radius 2 is 1.94 bits per heavy atom. The Hall–Kier alpha value is -1.18. The first-order valence-electron chi connectivity index (χ1n) is 5.47. The monoisotopic (exact) mass is 247 g/mol. The average molecular weight is 247 g/mol. The van der Waals surface area contributed by atoms with Crippen LogP contribution in [0.4, 0.5) is 0 Å². The third-order valence-electron chi connectivity index (χ3n) is 2.32. The van der Waals surface area contributed by atoms with E-state index in [0.29, 0.717) is 25.2 Å². The lowest BCUT2D eigenvalue weighted by Crippen LogP contribution is -2.46. The number of carboxylic acid groups (broad SMARTS) is 1. The highest BCUT2D eigenvalue weighted by molar-refractivity contribution is 5.77. The Balaban J connectivity index is 3.82. The summed E-state index contributed by atoms with van der Waals surface area (Å²) >= 11 is 0. The summed E-state index contributed by atoms with van der Waals surface area (Å²) in [5.41, 5.74) is 10.9. The minimum atomic E-state index is -1.84. The standard InChI is InChI=1S/C10H21N3O4/c1-6(11)13-5-3-2-4-7(12)8(14)9(15)10(16)17/h7-9,14-15H,2-5,12H2,1H3,(H2,11,13)(H,16,17)/t7-,8?,9?/m0/s1. The molecular weight excluding hydrogens is 226 g/mol. The van der Waals surface area contributed by atoms with Crippen LogP contribution in [0.1, 0.15) is 26.2 Å². The van der Waals surface area contributed by atoms with Gasteiger partial charge in [0, 0.05) is 12.6 Å². The van der Waals surface area contributed by atoms with Crippen LogP contribution in [-0.4, -0.2) is 51.9 Å². The van der Waals surface area contributed by atoms with Crippen molar-refractivity contribution in [2.45, 2.75) is 44.4 Å². The first kappa shape index (κ1) is 15.8. The molecule has 0 fully saturated rings. The van der Waals surface area contributed by atoms with Crippen LogP contribution < -0.4 is 11.5 Å². The summed E-state index contributed by atoms with van der Waals surface area (Å²) in [4.78, 5) is 14.4. The van der Waals surface area contributed by atoms with Crippen LogP contribution >= 0.6 is 0 Å². The summed E-state index contributed by atoms with van der Waals surface area (Å²) in [5.74, 6) is -0.966. The molecule has 0 radical (unpaired) electrons. The molecule has 0 bridgehead atoms. The summed E-state index contributed by atoms with van der Waals surface area (Å²) in [7, 11) is 0. The number of aliphatic hydroxyl groups is 2. The molecule has 2 unspecified atom stereocenters. The number of carboxylic acids is 1. The summed E-state index contributed by atoms with van der Waals surface area (Å²) in [6.07, 6.45) is -1.44. The van der Waals surface area contributed by atoms with Crippen LogP contribution in [0.15, 0.2) is 4.99 Å². The second-order valence-corrected chi connectivity index (χ2v) is 3.96. The number of hydrogen-bond acceptors (Lipinski definition) is 5. The number of aliphatic hydroxyl groups excluding tert-OH is 2. The Bertz CT molecular complexity index is 266. The van der Waals surface area contributed by atoms with Gasteiger partial charge in [0.25, 0.3) is 0 Å². The van der Waals surface area contributed by atoms with Crippen LogP contribution in [0.25, 0.3) is 0 Å². The molecule has 0 heterocycles. The lowest BCUT2D eigenvalue weighted by atomic mass is 10.0. The molecule has 0 amide bonds. The van der Waals surface area contributed by atoms with Crippen molar-refractivity contribution >= 4 is 11.8 Å². The minimum Gasteiger partial charge on any atom is -0.479 e. The number of carbonyl (C=O) groups is 1. The number of aliphatic imine (C=N–C) groups is 1. The topological polar surface area (TPSA) is 142 Å². The molecule has 7 heteroatoms. The van der Waals surface area contributed by atoms with Gasteiger partial charge >= 0.3 is 5.97 Å². The molecule has 7 N–H and O–H groups in total. The molecule has 0 aliphatic rings. The van der Waals surface area contributed by atoms with Crippen LogP contribution in [0.5, 0.6) is 0 Å². The van der Waals surface area contributed by atoms with Gasteiger partial charge in [-0.1, -0.05) is 0 Å². The second-order valence-electron chi connectivity index (χ2n) is 3.96. The number of unbranched alkanes of at least 4 members (excludes halogenated alkanes) is 1. The van der Waals surface area contributed by atoms with Gasteiger partial charge in [-0.05, 0) is 26.2 Å². The van der Waals surface area contributed by atoms with Gasteiger partial charge in [-0.25, -0.2) is 4.79 Å². The summed E-state index contributed by atoms with van der Waals surface area (Å²) < 4.78 is 0. The lowest BCUT2D eigenvalue weighted by Gasteiger charge is -2.20. The van der Waals surface area contributed by atoms with E-state index >= 15 is 0 Å². The first-order chi connectivity index (χ1) is 7.86. The van der Waals surface area contributed by atoms with E-state index in [2.05, 4.69) is 4.99 Å². The Morgan fingerprint density at radius 1 is 1.35 bits per heavy atom. The molecule has 0 aromatic carbocycles. The average Bonchev–Trinajstić information content (AvgIpc) is 2.25. The Morgan fingerprint density at radius 3 is 2.41 bits per heavy atom. The molecule has 3 atom stereocenters. The fraction of sp³-hybridized carbons (Fsp3) is 0.800. The third-order valence-corrected chi connectivity index (χ3v) is 2.32. The zero-order valence-corrected chi connectivity index (χ0v) is 9.91. The Labute approximate surface area is 100 Å². The molecule has 100 valence electrons. The fourth-order valence-corrected chi connectivity index (χ4v) is 1.30. The molecule has 0 saturated heterocycles. The van der Waals surface area contributed by atoms with E-state index in [4.69, 9.17) is 21.7 Å². The van der Waals surface area contributed by atoms with Gasteiger partial charge in [-0.3, -0.25) is 4.99 Å². The number of nitrogens with two attached hydrogens (primary N) is 2. The van der Waals surface area contributed by atoms with Crippen molar-refractivity contribution in [3.8, 4) is 0 Å². The van der Waals surface area contributed by atoms with Crippen molar-refractivity contribution in [3.05, 3.63) is 0 Å². The van der Waals surface area contributed by atoms with Crippen LogP contribution in [0.3, 0.4) is 0 Å². The minimum absolute atomic E-state index is 0.421. The maximum Gasteiger partial charge on any atom is 0.335 e. The van der Waals surface area contributed by atoms with Gasteiger partial charge in [0.15, 0.2) is 6.10 Å². The molecule has 0 spiro atoms. The van der Waals surface area contributed by atoms with Gasteiger partial charge < -0.3 is 26.8 Å². The summed E-state index contributed by atoms with van der Waals surface area (Å²) in [6.45, 7) is 2.27. The smallest absolute Gasteiger partial charge is 0.335 e. The first-order valence-corrected chi connectivity index (χ1v) is 5.47. The van der Waals surface area contributed by atoms with E-state index in [1.807, 2.05) is 0 Å². The van der Waals surface area contributed by atoms with E-state index in [1.165, 1.54) is 0 Å². The van der Waals surface area contributed by atoms with Crippen molar-refractivity contribution in [2.75, 3.05) is 6.54 Å². The van der Waals surface area contributed by atoms with Gasteiger partial charge in [0.05, 0.1) is 5.84 Å². The van der Waals surface area contributed by atoms with E-state index < -0.39 is 24.2 Å². The normalized spacial score (nSPS) is 17.5. The fourth-order valence-electron chi connectivity index (χ4n) is 1.30. The predicted octanol–water partition coefficient (Wildman–Crippen LogP) is -1.33. The molecule has 17 heavy (non-hydrogen) atoms.